The van der Waals surface area contributed by atoms with Crippen LogP contribution in [0.1, 0.15) is 29.8 Å². The number of ether oxygens (including phenoxy) is 2. The number of hydrogen-bond donors (Lipinski definition) is 0. The fourth-order valence-corrected chi connectivity index (χ4v) is 2.08. The molecule has 0 atom stereocenters. The summed E-state index contributed by atoms with van der Waals surface area (Å²) in [6.45, 7) is 4.27. The first kappa shape index (κ1) is 15.8. The average molecular weight is 301 g/mol. The van der Waals surface area contributed by atoms with Gasteiger partial charge >= 0.3 is 5.97 Å². The van der Waals surface area contributed by atoms with E-state index in [4.69, 9.17) is 4.74 Å². The Kier molecular flexibility index (Phi) is 4.99. The summed E-state index contributed by atoms with van der Waals surface area (Å²) < 4.78 is 11.8. The van der Waals surface area contributed by atoms with Gasteiger partial charge in [0.05, 0.1) is 25.3 Å². The van der Waals surface area contributed by atoms with E-state index >= 15 is 0 Å². The van der Waals surface area contributed by atoms with Gasteiger partial charge in [0, 0.05) is 12.3 Å². The third-order valence-corrected chi connectivity index (χ3v) is 3.03. The Morgan fingerprint density at radius 1 is 1.23 bits per heavy atom. The molecule has 0 saturated heterocycles. The van der Waals surface area contributed by atoms with Crippen LogP contribution in [0.25, 0.3) is 0 Å². The molecule has 2 rings (SSSR count). The minimum atomic E-state index is -0.467. The number of aromatic nitrogens is 1. The Bertz CT molecular complexity index is 719. The van der Waals surface area contributed by atoms with Gasteiger partial charge in [0.1, 0.15) is 5.75 Å². The summed E-state index contributed by atoms with van der Waals surface area (Å²) in [6.07, 6.45) is 1.59. The van der Waals surface area contributed by atoms with Crippen LogP contribution in [0.4, 0.5) is 0 Å². The van der Waals surface area contributed by atoms with Crippen LogP contribution >= 0.6 is 0 Å². The minimum Gasteiger partial charge on any atom is -0.491 e. The molecule has 0 saturated carbocycles. The third-order valence-electron chi connectivity index (χ3n) is 3.03. The Labute approximate surface area is 129 Å². The maximum absolute atomic E-state index is 11.9. The van der Waals surface area contributed by atoms with E-state index in [9.17, 15) is 9.59 Å². The van der Waals surface area contributed by atoms with Gasteiger partial charge in [-0.3, -0.25) is 4.79 Å². The first-order chi connectivity index (χ1) is 10.5. The molecule has 0 unspecified atom stereocenters. The Morgan fingerprint density at radius 2 is 2.00 bits per heavy atom. The van der Waals surface area contributed by atoms with Crippen LogP contribution < -0.4 is 10.3 Å². The molecule has 0 amide bonds. The fraction of sp³-hybridized carbons (Fsp3) is 0.294. The molecule has 22 heavy (non-hydrogen) atoms. The van der Waals surface area contributed by atoms with Gasteiger partial charge in [-0.1, -0.05) is 12.1 Å². The van der Waals surface area contributed by atoms with Crippen LogP contribution in [-0.4, -0.2) is 23.8 Å². The van der Waals surface area contributed by atoms with Gasteiger partial charge in [0.2, 0.25) is 0 Å². The summed E-state index contributed by atoms with van der Waals surface area (Å²) in [5, 5.41) is 0. The summed E-state index contributed by atoms with van der Waals surface area (Å²) in [7, 11) is 1.31. The van der Waals surface area contributed by atoms with Crippen LogP contribution in [0.15, 0.2) is 47.4 Å². The fourth-order valence-electron chi connectivity index (χ4n) is 2.08. The van der Waals surface area contributed by atoms with Gasteiger partial charge in [-0.05, 0) is 37.6 Å². The summed E-state index contributed by atoms with van der Waals surface area (Å²) in [4.78, 5) is 23.5. The SMILES string of the molecule is COC(=O)c1ccc(=O)n(Cc2cccc(OC(C)C)c2)c1. The maximum Gasteiger partial charge on any atom is 0.339 e. The van der Waals surface area contributed by atoms with Crippen LogP contribution in [-0.2, 0) is 11.3 Å². The van der Waals surface area contributed by atoms with Crippen molar-refractivity contribution in [2.75, 3.05) is 7.11 Å². The highest BCUT2D eigenvalue weighted by Crippen LogP contribution is 2.15. The van der Waals surface area contributed by atoms with Gasteiger partial charge in [0.15, 0.2) is 0 Å². The van der Waals surface area contributed by atoms with Gasteiger partial charge in [0.25, 0.3) is 5.56 Å². The van der Waals surface area contributed by atoms with Crippen molar-refractivity contribution in [1.82, 2.24) is 4.57 Å². The van der Waals surface area contributed by atoms with Gasteiger partial charge in [-0.2, -0.15) is 0 Å². The molecule has 0 radical (unpaired) electrons. The van der Waals surface area contributed by atoms with Crippen molar-refractivity contribution < 1.29 is 14.3 Å². The second kappa shape index (κ2) is 6.93. The summed E-state index contributed by atoms with van der Waals surface area (Å²) >= 11 is 0. The molecule has 0 bridgehead atoms. The lowest BCUT2D eigenvalue weighted by Gasteiger charge is -2.12. The molecule has 2 aromatic rings. The van der Waals surface area contributed by atoms with E-state index in [1.165, 1.54) is 30.0 Å². The Morgan fingerprint density at radius 3 is 2.68 bits per heavy atom. The normalized spacial score (nSPS) is 10.5. The first-order valence-electron chi connectivity index (χ1n) is 7.04. The zero-order chi connectivity index (χ0) is 16.1. The van der Waals surface area contributed by atoms with E-state index in [1.807, 2.05) is 38.1 Å². The predicted molar refractivity (Wildman–Crippen MR) is 83.3 cm³/mol. The van der Waals surface area contributed by atoms with Gasteiger partial charge in [-0.25, -0.2) is 4.79 Å². The molecule has 5 nitrogen and oxygen atoms in total. The topological polar surface area (TPSA) is 57.5 Å². The molecule has 0 N–H and O–H groups in total. The standard InChI is InChI=1S/C17H19NO4/c1-12(2)22-15-6-4-5-13(9-15)10-18-11-14(17(20)21-3)7-8-16(18)19/h4-9,11-12H,10H2,1-3H3. The number of carbonyl (C=O) groups excluding carboxylic acids is 1. The highest BCUT2D eigenvalue weighted by Gasteiger charge is 2.08. The second-order valence-corrected chi connectivity index (χ2v) is 5.19. The number of rotatable bonds is 5. The largest absolute Gasteiger partial charge is 0.491 e. The highest BCUT2D eigenvalue weighted by molar-refractivity contribution is 5.88. The first-order valence-corrected chi connectivity index (χ1v) is 7.04. The van der Waals surface area contributed by atoms with Crippen LogP contribution in [0.5, 0.6) is 5.75 Å². The van der Waals surface area contributed by atoms with E-state index in [-0.39, 0.29) is 11.7 Å². The van der Waals surface area contributed by atoms with Gasteiger partial charge in [-0.15, -0.1) is 0 Å². The number of nitrogens with zero attached hydrogens (tertiary/aromatic N) is 1. The molecule has 0 aliphatic rings. The lowest BCUT2D eigenvalue weighted by molar-refractivity contribution is 0.0599. The number of carbonyl (C=O) groups is 1. The van der Waals surface area contributed by atoms with Crippen molar-refractivity contribution in [1.29, 1.82) is 0 Å². The van der Waals surface area contributed by atoms with E-state index in [0.717, 1.165) is 11.3 Å². The zero-order valence-electron chi connectivity index (χ0n) is 12.9. The molecular weight excluding hydrogens is 282 g/mol. The summed E-state index contributed by atoms with van der Waals surface area (Å²) in [5.74, 6) is 0.287. The van der Waals surface area contributed by atoms with Crippen molar-refractivity contribution in [2.24, 2.45) is 0 Å². The molecule has 0 aliphatic heterocycles. The van der Waals surface area contributed by atoms with Crippen LogP contribution in [0, 0.1) is 0 Å². The predicted octanol–water partition coefficient (Wildman–Crippen LogP) is 2.47. The summed E-state index contributed by atoms with van der Waals surface area (Å²) in [5.41, 5.74) is 1.08. The molecule has 1 aromatic carbocycles. The van der Waals surface area contributed by atoms with Crippen molar-refractivity contribution >= 4 is 5.97 Å². The monoisotopic (exact) mass is 301 g/mol. The minimum absolute atomic E-state index is 0.0839. The molecule has 0 aliphatic carbocycles. The van der Waals surface area contributed by atoms with E-state index in [2.05, 4.69) is 4.74 Å². The number of methoxy groups -OCH3 is 1. The number of pyridine rings is 1. The highest BCUT2D eigenvalue weighted by atomic mass is 16.5. The molecule has 1 aromatic heterocycles. The molecular formula is C17H19NO4. The lowest BCUT2D eigenvalue weighted by atomic mass is 10.2. The van der Waals surface area contributed by atoms with Crippen molar-refractivity contribution in [3.05, 3.63) is 64.1 Å². The Balaban J connectivity index is 2.27. The number of esters is 1. The van der Waals surface area contributed by atoms with Crippen molar-refractivity contribution in [3.8, 4) is 5.75 Å². The van der Waals surface area contributed by atoms with Gasteiger partial charge < -0.3 is 14.0 Å². The number of hydrogen-bond acceptors (Lipinski definition) is 4. The lowest BCUT2D eigenvalue weighted by Crippen LogP contribution is -2.21. The second-order valence-electron chi connectivity index (χ2n) is 5.19. The van der Waals surface area contributed by atoms with Crippen molar-refractivity contribution in [3.63, 3.8) is 0 Å². The zero-order valence-corrected chi connectivity index (χ0v) is 12.9. The molecule has 0 spiro atoms. The maximum atomic E-state index is 11.9. The van der Waals surface area contributed by atoms with E-state index < -0.39 is 5.97 Å². The number of benzene rings is 1. The molecule has 1 heterocycles. The smallest absolute Gasteiger partial charge is 0.339 e. The van der Waals surface area contributed by atoms with Crippen LogP contribution in [0.2, 0.25) is 0 Å². The average Bonchev–Trinajstić information content (AvgIpc) is 2.48. The van der Waals surface area contributed by atoms with Crippen LogP contribution in [0.3, 0.4) is 0 Å². The molecule has 0 fully saturated rings. The molecule has 5 heteroatoms. The molecule has 116 valence electrons. The Hall–Kier alpha value is -2.56. The van der Waals surface area contributed by atoms with E-state index in [1.54, 1.807) is 0 Å². The third kappa shape index (κ3) is 3.97. The van der Waals surface area contributed by atoms with Crippen molar-refractivity contribution in [2.45, 2.75) is 26.5 Å². The van der Waals surface area contributed by atoms with E-state index in [0.29, 0.717) is 12.1 Å². The quantitative estimate of drug-likeness (QED) is 0.796. The summed E-state index contributed by atoms with van der Waals surface area (Å²) in [6, 6.07) is 10.4.